The summed E-state index contributed by atoms with van der Waals surface area (Å²) in [7, 11) is 0. The number of aromatic nitrogens is 4. The van der Waals surface area contributed by atoms with Gasteiger partial charge >= 0.3 is 5.69 Å². The summed E-state index contributed by atoms with van der Waals surface area (Å²) in [6.07, 6.45) is 0. The summed E-state index contributed by atoms with van der Waals surface area (Å²) in [6.45, 7) is 6.01. The van der Waals surface area contributed by atoms with E-state index in [2.05, 4.69) is 19.9 Å². The number of aromatic amines is 1. The van der Waals surface area contributed by atoms with Crippen molar-refractivity contribution in [2.75, 3.05) is 32.0 Å². The van der Waals surface area contributed by atoms with E-state index >= 15 is 0 Å². The predicted molar refractivity (Wildman–Crippen MR) is 125 cm³/mol. The first-order valence-corrected chi connectivity index (χ1v) is 11.0. The summed E-state index contributed by atoms with van der Waals surface area (Å²) in [5, 5.41) is 0. The summed E-state index contributed by atoms with van der Waals surface area (Å²) in [5.41, 5.74) is 8.00. The van der Waals surface area contributed by atoms with Crippen molar-refractivity contribution in [3.8, 4) is 11.5 Å². The Bertz CT molecular complexity index is 1380. The van der Waals surface area contributed by atoms with Gasteiger partial charge in [-0.2, -0.15) is 0 Å². The van der Waals surface area contributed by atoms with Crippen LogP contribution in [0.15, 0.2) is 47.3 Å². The van der Waals surface area contributed by atoms with Crippen LogP contribution in [0.25, 0.3) is 11.2 Å². The van der Waals surface area contributed by atoms with Gasteiger partial charge in [0.2, 0.25) is 0 Å². The Morgan fingerprint density at radius 2 is 1.82 bits per heavy atom. The van der Waals surface area contributed by atoms with Crippen LogP contribution in [0.3, 0.4) is 0 Å². The van der Waals surface area contributed by atoms with Crippen LogP contribution >= 0.6 is 0 Å². The number of nitrogens with one attached hydrogen (secondary N) is 1. The minimum atomic E-state index is -0.520. The number of H-pyrrole nitrogens is 1. The topological polar surface area (TPSA) is 111 Å². The van der Waals surface area contributed by atoms with E-state index in [1.165, 1.54) is 10.6 Å². The lowest BCUT2D eigenvalue weighted by atomic mass is 10.2. The molecule has 4 aromatic rings. The number of nitrogen functional groups attached to an aromatic ring is 1. The molecule has 0 radical (unpaired) electrons. The highest BCUT2D eigenvalue weighted by Crippen LogP contribution is 2.26. The molecule has 3 heterocycles. The third-order valence-electron chi connectivity index (χ3n) is 5.76. The minimum Gasteiger partial charge on any atom is -0.454 e. The normalized spacial score (nSPS) is 14.5. The second-order valence-corrected chi connectivity index (χ2v) is 8.27. The number of anilines is 1. The molecular formula is C24H25FN6O3. The summed E-state index contributed by atoms with van der Waals surface area (Å²) in [4.78, 5) is 25.8. The highest BCUT2D eigenvalue weighted by molar-refractivity contribution is 5.81. The van der Waals surface area contributed by atoms with E-state index in [9.17, 15) is 9.18 Å². The molecule has 1 fully saturated rings. The van der Waals surface area contributed by atoms with Gasteiger partial charge in [-0.1, -0.05) is 18.2 Å². The third-order valence-corrected chi connectivity index (χ3v) is 5.76. The molecule has 0 atom stereocenters. The summed E-state index contributed by atoms with van der Waals surface area (Å²) >= 11 is 0. The van der Waals surface area contributed by atoms with Gasteiger partial charge < -0.3 is 20.2 Å². The van der Waals surface area contributed by atoms with Gasteiger partial charge in [-0.15, -0.1) is 0 Å². The van der Waals surface area contributed by atoms with Crippen molar-refractivity contribution >= 4 is 17.0 Å². The zero-order valence-corrected chi connectivity index (χ0v) is 18.8. The Morgan fingerprint density at radius 3 is 2.56 bits per heavy atom. The van der Waals surface area contributed by atoms with E-state index in [-0.39, 0.29) is 23.8 Å². The van der Waals surface area contributed by atoms with Crippen LogP contribution in [0.2, 0.25) is 0 Å². The predicted octanol–water partition coefficient (Wildman–Crippen LogP) is 2.82. The smallest absolute Gasteiger partial charge is 0.328 e. The maximum Gasteiger partial charge on any atom is 0.328 e. The molecular weight excluding hydrogens is 439 g/mol. The average Bonchev–Trinajstić information content (AvgIpc) is 3.13. The fourth-order valence-electron chi connectivity index (χ4n) is 4.03. The molecule has 1 saturated heterocycles. The number of hydrogen-bond donors (Lipinski definition) is 2. The van der Waals surface area contributed by atoms with Crippen molar-refractivity contribution < 1.29 is 13.9 Å². The van der Waals surface area contributed by atoms with Crippen LogP contribution in [0.4, 0.5) is 10.2 Å². The molecule has 0 saturated carbocycles. The largest absolute Gasteiger partial charge is 0.454 e. The second-order valence-electron chi connectivity index (χ2n) is 8.27. The third kappa shape index (κ3) is 4.63. The van der Waals surface area contributed by atoms with Crippen molar-refractivity contribution in [2.45, 2.75) is 20.0 Å². The molecule has 0 bridgehead atoms. The number of aryl methyl sites for hydroxylation is 1. The van der Waals surface area contributed by atoms with Gasteiger partial charge in [0.15, 0.2) is 23.0 Å². The number of nitrogens with two attached hydrogens (primary N) is 1. The number of ether oxygens (including phenoxy) is 2. The maximum atomic E-state index is 14.8. The molecule has 1 aliphatic heterocycles. The number of nitrogens with zero attached hydrogens (tertiary/aromatic N) is 4. The number of benzene rings is 2. The van der Waals surface area contributed by atoms with E-state index in [1.54, 1.807) is 19.1 Å². The van der Waals surface area contributed by atoms with Gasteiger partial charge in [0.05, 0.1) is 19.8 Å². The van der Waals surface area contributed by atoms with Gasteiger partial charge in [0, 0.05) is 19.6 Å². The molecule has 34 heavy (non-hydrogen) atoms. The van der Waals surface area contributed by atoms with Crippen LogP contribution in [0.5, 0.6) is 11.5 Å². The van der Waals surface area contributed by atoms with E-state index < -0.39 is 5.82 Å². The van der Waals surface area contributed by atoms with Gasteiger partial charge in [0.25, 0.3) is 0 Å². The van der Waals surface area contributed by atoms with Crippen LogP contribution in [0.1, 0.15) is 17.0 Å². The molecule has 176 valence electrons. The lowest BCUT2D eigenvalue weighted by molar-refractivity contribution is 0.0342. The van der Waals surface area contributed by atoms with E-state index in [0.29, 0.717) is 28.3 Å². The molecule has 3 N–H and O–H groups in total. The molecule has 10 heteroatoms. The van der Waals surface area contributed by atoms with E-state index in [1.807, 2.05) is 24.3 Å². The number of rotatable bonds is 6. The van der Waals surface area contributed by atoms with Gasteiger partial charge in [-0.3, -0.25) is 9.47 Å². The van der Waals surface area contributed by atoms with Gasteiger partial charge in [-0.05, 0) is 42.3 Å². The monoisotopic (exact) mass is 464 g/mol. The highest BCUT2D eigenvalue weighted by Gasteiger charge is 2.15. The van der Waals surface area contributed by atoms with Crippen LogP contribution in [-0.2, 0) is 17.8 Å². The first kappa shape index (κ1) is 22.1. The number of hydrogen-bond acceptors (Lipinski definition) is 7. The molecule has 0 aliphatic carbocycles. The Kier molecular flexibility index (Phi) is 5.99. The zero-order valence-electron chi connectivity index (χ0n) is 18.8. The Balaban J connectivity index is 1.29. The number of fused-ring (bicyclic) bond motifs is 1. The lowest BCUT2D eigenvalue weighted by Crippen LogP contribution is -2.35. The van der Waals surface area contributed by atoms with Crippen LogP contribution in [0, 0.1) is 12.7 Å². The summed E-state index contributed by atoms with van der Waals surface area (Å²) in [6, 6.07) is 12.3. The van der Waals surface area contributed by atoms with Crippen molar-refractivity contribution in [1.82, 2.24) is 24.4 Å². The zero-order chi connectivity index (χ0) is 23.7. The molecule has 5 rings (SSSR count). The van der Waals surface area contributed by atoms with Crippen LogP contribution < -0.4 is 16.2 Å². The van der Waals surface area contributed by atoms with E-state index in [0.717, 1.165) is 38.4 Å². The average molecular weight is 465 g/mol. The van der Waals surface area contributed by atoms with Crippen molar-refractivity contribution in [1.29, 1.82) is 0 Å². The molecule has 0 spiro atoms. The Labute approximate surface area is 195 Å². The van der Waals surface area contributed by atoms with Gasteiger partial charge in [0.1, 0.15) is 17.1 Å². The highest BCUT2D eigenvalue weighted by atomic mass is 19.1. The Morgan fingerprint density at radius 1 is 1.09 bits per heavy atom. The number of morpholine rings is 1. The minimum absolute atomic E-state index is 0.110. The fourth-order valence-corrected chi connectivity index (χ4v) is 4.03. The summed E-state index contributed by atoms with van der Waals surface area (Å²) in [5.74, 6) is 0.784. The fraction of sp³-hybridized carbons (Fsp3) is 0.292. The maximum absolute atomic E-state index is 14.8. The SMILES string of the molecule is Cc1nc(N)c2[nH]c(=O)n(Cc3ccc(Oc4ccc(CN5CCOCC5)cc4)c(F)c3)c2n1. The van der Waals surface area contributed by atoms with Crippen molar-refractivity contribution in [2.24, 2.45) is 0 Å². The first-order valence-electron chi connectivity index (χ1n) is 11.0. The molecule has 0 amide bonds. The van der Waals surface area contributed by atoms with Crippen LogP contribution in [-0.4, -0.2) is 50.7 Å². The van der Waals surface area contributed by atoms with Crippen molar-refractivity contribution in [3.63, 3.8) is 0 Å². The molecule has 0 unspecified atom stereocenters. The van der Waals surface area contributed by atoms with Crippen molar-refractivity contribution in [3.05, 3.63) is 75.7 Å². The van der Waals surface area contributed by atoms with Gasteiger partial charge in [-0.25, -0.2) is 19.2 Å². The molecule has 9 nitrogen and oxygen atoms in total. The first-order chi connectivity index (χ1) is 16.5. The molecule has 2 aromatic carbocycles. The lowest BCUT2D eigenvalue weighted by Gasteiger charge is -2.26. The number of imidazole rings is 1. The number of halogens is 1. The quantitative estimate of drug-likeness (QED) is 0.451. The molecule has 1 aliphatic rings. The van der Waals surface area contributed by atoms with E-state index in [4.69, 9.17) is 15.2 Å². The Hall–Kier alpha value is -3.76. The molecule has 2 aromatic heterocycles. The second kappa shape index (κ2) is 9.24. The standard InChI is InChI=1S/C24H25FN6O3/c1-15-27-22(26)21-23(28-15)31(24(32)29-21)14-17-4-7-20(19(25)12-17)34-18-5-2-16(3-6-18)13-30-8-10-33-11-9-30/h2-7,12H,8-11,13-14H2,1H3,(H,29,32)(H2,26,27,28). The summed E-state index contributed by atoms with van der Waals surface area (Å²) < 4.78 is 27.3.